The summed E-state index contributed by atoms with van der Waals surface area (Å²) in [6.45, 7) is 5.85. The Kier molecular flexibility index (Phi) is 3.64. The number of piperidine rings is 1. The predicted molar refractivity (Wildman–Crippen MR) is 84.7 cm³/mol. The van der Waals surface area contributed by atoms with E-state index in [-0.39, 0.29) is 5.60 Å². The number of fused-ring (bicyclic) bond motifs is 1. The summed E-state index contributed by atoms with van der Waals surface area (Å²) in [5.74, 6) is 1.15. The summed E-state index contributed by atoms with van der Waals surface area (Å²) in [7, 11) is 0. The third-order valence-electron chi connectivity index (χ3n) is 5.42. The van der Waals surface area contributed by atoms with Gasteiger partial charge in [-0.25, -0.2) is 0 Å². The second kappa shape index (κ2) is 5.62. The Bertz CT molecular complexity index is 502. The van der Waals surface area contributed by atoms with Crippen LogP contribution in [0.4, 0.5) is 0 Å². The lowest BCUT2D eigenvalue weighted by Crippen LogP contribution is -2.48. The topological polar surface area (TPSA) is 24.5 Å². The molecule has 0 unspecified atom stereocenters. The van der Waals surface area contributed by atoms with E-state index in [0.29, 0.717) is 0 Å². The van der Waals surface area contributed by atoms with Crippen molar-refractivity contribution in [3.8, 4) is 5.75 Å². The van der Waals surface area contributed by atoms with E-state index in [9.17, 15) is 0 Å². The number of aryl methyl sites for hydroxylation is 1. The van der Waals surface area contributed by atoms with Gasteiger partial charge in [0.05, 0.1) is 0 Å². The number of ether oxygens (including phenoxy) is 1. The summed E-state index contributed by atoms with van der Waals surface area (Å²) in [5.41, 5.74) is 3.01. The summed E-state index contributed by atoms with van der Waals surface area (Å²) >= 11 is 0. The molecule has 3 heterocycles. The zero-order valence-corrected chi connectivity index (χ0v) is 12.9. The molecule has 0 radical (unpaired) electrons. The molecule has 2 fully saturated rings. The lowest BCUT2D eigenvalue weighted by atomic mass is 9.83. The number of benzene rings is 1. The summed E-state index contributed by atoms with van der Waals surface area (Å²) in [6.07, 6.45) is 7.41. The maximum absolute atomic E-state index is 6.43. The van der Waals surface area contributed by atoms with Crippen LogP contribution in [0.15, 0.2) is 18.2 Å². The van der Waals surface area contributed by atoms with Crippen molar-refractivity contribution in [1.29, 1.82) is 0 Å². The normalized spacial score (nSPS) is 24.8. The van der Waals surface area contributed by atoms with Crippen molar-refractivity contribution in [3.63, 3.8) is 0 Å². The van der Waals surface area contributed by atoms with Crippen LogP contribution in [0.3, 0.4) is 0 Å². The smallest absolute Gasteiger partial charge is 0.123 e. The van der Waals surface area contributed by atoms with Gasteiger partial charge in [-0.3, -0.25) is 4.90 Å². The van der Waals surface area contributed by atoms with E-state index in [4.69, 9.17) is 4.74 Å². The Hall–Kier alpha value is -1.06. The van der Waals surface area contributed by atoms with E-state index in [1.54, 1.807) is 0 Å². The predicted octanol–water partition coefficient (Wildman–Crippen LogP) is 2.73. The van der Waals surface area contributed by atoms with Gasteiger partial charge in [-0.2, -0.15) is 0 Å². The SMILES string of the molecule is c1cc2c(cc1CN1CCCC1)CCC1(CCNCC1)O2. The quantitative estimate of drug-likeness (QED) is 0.905. The first-order valence-electron chi connectivity index (χ1n) is 8.57. The molecule has 21 heavy (non-hydrogen) atoms. The molecule has 3 aliphatic rings. The number of hydrogen-bond acceptors (Lipinski definition) is 3. The highest BCUT2D eigenvalue weighted by Crippen LogP contribution is 2.38. The molecule has 1 aromatic carbocycles. The van der Waals surface area contributed by atoms with Crippen LogP contribution in [0.25, 0.3) is 0 Å². The van der Waals surface area contributed by atoms with Crippen molar-refractivity contribution in [2.45, 2.75) is 50.7 Å². The van der Waals surface area contributed by atoms with Crippen molar-refractivity contribution in [1.82, 2.24) is 10.2 Å². The van der Waals surface area contributed by atoms with Gasteiger partial charge in [-0.05, 0) is 81.9 Å². The number of hydrogen-bond donors (Lipinski definition) is 1. The first-order chi connectivity index (χ1) is 10.3. The number of rotatable bonds is 2. The highest BCUT2D eigenvalue weighted by Gasteiger charge is 2.37. The third kappa shape index (κ3) is 2.82. The van der Waals surface area contributed by atoms with Gasteiger partial charge in [0.2, 0.25) is 0 Å². The molecular weight excluding hydrogens is 260 g/mol. The Morgan fingerprint density at radius 3 is 2.71 bits per heavy atom. The monoisotopic (exact) mass is 286 g/mol. The first kappa shape index (κ1) is 13.6. The van der Waals surface area contributed by atoms with E-state index in [2.05, 4.69) is 28.4 Å². The number of likely N-dealkylation sites (tertiary alicyclic amines) is 1. The van der Waals surface area contributed by atoms with Gasteiger partial charge in [-0.1, -0.05) is 12.1 Å². The van der Waals surface area contributed by atoms with E-state index in [1.807, 2.05) is 0 Å². The van der Waals surface area contributed by atoms with Crippen LogP contribution in [0.5, 0.6) is 5.75 Å². The van der Waals surface area contributed by atoms with Crippen molar-refractivity contribution < 1.29 is 4.74 Å². The maximum atomic E-state index is 6.43. The standard InChI is InChI=1S/C18H26N2O/c1-2-12-20(11-1)14-15-3-4-17-16(13-15)5-6-18(21-17)7-9-19-10-8-18/h3-4,13,19H,1-2,5-12,14H2. The molecule has 0 saturated carbocycles. The second-order valence-corrected chi connectivity index (χ2v) is 6.96. The van der Waals surface area contributed by atoms with Crippen LogP contribution in [-0.4, -0.2) is 36.7 Å². The van der Waals surface area contributed by atoms with E-state index in [1.165, 1.54) is 49.9 Å². The van der Waals surface area contributed by atoms with Gasteiger partial charge in [0.25, 0.3) is 0 Å². The van der Waals surface area contributed by atoms with Crippen LogP contribution < -0.4 is 10.1 Å². The largest absolute Gasteiger partial charge is 0.487 e. The van der Waals surface area contributed by atoms with Gasteiger partial charge in [-0.15, -0.1) is 0 Å². The fourth-order valence-electron chi connectivity index (χ4n) is 4.11. The molecule has 0 bridgehead atoms. The average Bonchev–Trinajstić information content (AvgIpc) is 3.01. The van der Waals surface area contributed by atoms with Crippen LogP contribution in [0, 0.1) is 0 Å². The Morgan fingerprint density at radius 1 is 1.10 bits per heavy atom. The molecule has 1 N–H and O–H groups in total. The number of nitrogens with one attached hydrogen (secondary N) is 1. The summed E-state index contributed by atoms with van der Waals surface area (Å²) in [5, 5.41) is 3.44. The summed E-state index contributed by atoms with van der Waals surface area (Å²) in [4.78, 5) is 2.57. The lowest BCUT2D eigenvalue weighted by Gasteiger charge is -2.41. The zero-order valence-electron chi connectivity index (χ0n) is 12.9. The second-order valence-electron chi connectivity index (χ2n) is 6.96. The van der Waals surface area contributed by atoms with Crippen LogP contribution in [-0.2, 0) is 13.0 Å². The van der Waals surface area contributed by atoms with Gasteiger partial charge >= 0.3 is 0 Å². The van der Waals surface area contributed by atoms with Crippen molar-refractivity contribution in [2.24, 2.45) is 0 Å². The van der Waals surface area contributed by atoms with Crippen LogP contribution in [0.2, 0.25) is 0 Å². The molecule has 0 amide bonds. The van der Waals surface area contributed by atoms with E-state index in [0.717, 1.165) is 38.2 Å². The maximum Gasteiger partial charge on any atom is 0.123 e. The lowest BCUT2D eigenvalue weighted by molar-refractivity contribution is 0.0169. The Labute approximate surface area is 127 Å². The first-order valence-corrected chi connectivity index (χ1v) is 8.57. The third-order valence-corrected chi connectivity index (χ3v) is 5.42. The Morgan fingerprint density at radius 2 is 1.90 bits per heavy atom. The molecule has 3 aliphatic heterocycles. The fraction of sp³-hybridized carbons (Fsp3) is 0.667. The molecule has 2 saturated heterocycles. The van der Waals surface area contributed by atoms with Gasteiger partial charge in [0.1, 0.15) is 11.4 Å². The minimum absolute atomic E-state index is 0.120. The Balaban J connectivity index is 1.49. The minimum Gasteiger partial charge on any atom is -0.487 e. The fourth-order valence-corrected chi connectivity index (χ4v) is 4.11. The van der Waals surface area contributed by atoms with Crippen molar-refractivity contribution in [3.05, 3.63) is 29.3 Å². The van der Waals surface area contributed by atoms with Gasteiger partial charge < -0.3 is 10.1 Å². The van der Waals surface area contributed by atoms with E-state index >= 15 is 0 Å². The van der Waals surface area contributed by atoms with Gasteiger partial charge in [0.15, 0.2) is 0 Å². The summed E-state index contributed by atoms with van der Waals surface area (Å²) < 4.78 is 6.43. The summed E-state index contributed by atoms with van der Waals surface area (Å²) in [6, 6.07) is 6.89. The highest BCUT2D eigenvalue weighted by molar-refractivity contribution is 5.39. The molecule has 0 atom stereocenters. The number of nitrogens with zero attached hydrogens (tertiary/aromatic N) is 1. The molecule has 114 valence electrons. The molecule has 3 heteroatoms. The molecule has 0 aliphatic carbocycles. The van der Waals surface area contributed by atoms with Gasteiger partial charge in [0, 0.05) is 6.54 Å². The average molecular weight is 286 g/mol. The van der Waals surface area contributed by atoms with Crippen molar-refractivity contribution in [2.75, 3.05) is 26.2 Å². The molecule has 1 spiro atoms. The van der Waals surface area contributed by atoms with Crippen LogP contribution >= 0.6 is 0 Å². The molecule has 4 rings (SSSR count). The minimum atomic E-state index is 0.120. The van der Waals surface area contributed by atoms with E-state index < -0.39 is 0 Å². The highest BCUT2D eigenvalue weighted by atomic mass is 16.5. The van der Waals surface area contributed by atoms with Crippen molar-refractivity contribution >= 4 is 0 Å². The molecule has 1 aromatic rings. The van der Waals surface area contributed by atoms with Crippen LogP contribution in [0.1, 0.15) is 43.2 Å². The molecule has 0 aromatic heterocycles. The molecular formula is C18H26N2O. The zero-order chi connectivity index (χ0) is 14.1. The molecule has 3 nitrogen and oxygen atoms in total.